The van der Waals surface area contributed by atoms with Gasteiger partial charge in [0.1, 0.15) is 30.0 Å². The molecule has 0 aromatic heterocycles. The lowest BCUT2D eigenvalue weighted by Crippen LogP contribution is -2.31. The van der Waals surface area contributed by atoms with Crippen molar-refractivity contribution in [2.45, 2.75) is 19.6 Å². The van der Waals surface area contributed by atoms with Gasteiger partial charge in [-0.1, -0.05) is 48.0 Å². The van der Waals surface area contributed by atoms with Gasteiger partial charge in [0.05, 0.1) is 26.9 Å². The second kappa shape index (κ2) is 13.3. The van der Waals surface area contributed by atoms with E-state index >= 15 is 0 Å². The van der Waals surface area contributed by atoms with E-state index < -0.39 is 12.1 Å². The molecule has 0 aliphatic carbocycles. The van der Waals surface area contributed by atoms with Crippen molar-refractivity contribution in [2.75, 3.05) is 34.5 Å². The fourth-order valence-corrected chi connectivity index (χ4v) is 3.55. The summed E-state index contributed by atoms with van der Waals surface area (Å²) in [5.41, 5.74) is 4.17. The van der Waals surface area contributed by atoms with Crippen molar-refractivity contribution < 1.29 is 28.8 Å². The van der Waals surface area contributed by atoms with Crippen molar-refractivity contribution in [2.24, 2.45) is 0 Å². The fourth-order valence-electron chi connectivity index (χ4n) is 3.55. The quantitative estimate of drug-likeness (QED) is 0.222. The van der Waals surface area contributed by atoms with Crippen LogP contribution in [0.25, 0.3) is 11.6 Å². The number of esters is 1. The number of nitrogens with one attached hydrogen (secondary N) is 1. The zero-order valence-electron chi connectivity index (χ0n) is 21.1. The van der Waals surface area contributed by atoms with Gasteiger partial charge < -0.3 is 29.4 Å². The topological polar surface area (TPSA) is 86.3 Å². The molecule has 0 bridgehead atoms. The maximum absolute atomic E-state index is 12.3. The van der Waals surface area contributed by atoms with E-state index in [1.54, 1.807) is 32.4 Å². The Hall–Kier alpha value is -3.81. The minimum absolute atomic E-state index is 0.138. The number of benzene rings is 3. The highest BCUT2D eigenvalue weighted by atomic mass is 16.5. The van der Waals surface area contributed by atoms with Gasteiger partial charge in [-0.25, -0.2) is 4.79 Å². The first-order valence-corrected chi connectivity index (χ1v) is 11.6. The van der Waals surface area contributed by atoms with E-state index in [-0.39, 0.29) is 6.61 Å². The molecule has 0 aliphatic heterocycles. The Kier molecular flexibility index (Phi) is 9.92. The summed E-state index contributed by atoms with van der Waals surface area (Å²) in [7, 11) is 4.59. The summed E-state index contributed by atoms with van der Waals surface area (Å²) in [5.74, 6) is 1.67. The lowest BCUT2D eigenvalue weighted by molar-refractivity contribution is -0.133. The Bertz CT molecular complexity index is 1160. The third-order valence-corrected chi connectivity index (χ3v) is 5.59. The summed E-state index contributed by atoms with van der Waals surface area (Å²) in [6, 6.07) is 20.6. The van der Waals surface area contributed by atoms with Crippen molar-refractivity contribution in [1.82, 2.24) is 5.32 Å². The molecule has 1 unspecified atom stereocenters. The number of aliphatic hydroxyl groups is 1. The number of hydrogen-bond donors (Lipinski definition) is 2. The summed E-state index contributed by atoms with van der Waals surface area (Å²) in [5, 5.41) is 13.5. The molecule has 3 aromatic rings. The zero-order chi connectivity index (χ0) is 25.9. The summed E-state index contributed by atoms with van der Waals surface area (Å²) < 4.78 is 21.3. The Balaban J connectivity index is 1.53. The van der Waals surface area contributed by atoms with E-state index in [9.17, 15) is 9.90 Å². The van der Waals surface area contributed by atoms with Crippen LogP contribution < -0.4 is 19.5 Å². The van der Waals surface area contributed by atoms with Gasteiger partial charge >= 0.3 is 5.97 Å². The molecule has 0 heterocycles. The van der Waals surface area contributed by atoms with Crippen LogP contribution in [0.4, 0.5) is 0 Å². The molecule has 7 heteroatoms. The number of aliphatic hydroxyl groups excluding tert-OH is 1. The maximum atomic E-state index is 12.3. The van der Waals surface area contributed by atoms with Crippen molar-refractivity contribution in [1.29, 1.82) is 0 Å². The van der Waals surface area contributed by atoms with Crippen LogP contribution in [-0.2, 0) is 16.1 Å². The van der Waals surface area contributed by atoms with Gasteiger partial charge in [-0.3, -0.25) is 0 Å². The molecule has 0 fully saturated rings. The molecule has 0 spiro atoms. The monoisotopic (exact) mass is 491 g/mol. The first-order valence-electron chi connectivity index (χ1n) is 11.6. The Morgan fingerprint density at radius 2 is 1.64 bits per heavy atom. The molecule has 3 rings (SSSR count). The van der Waals surface area contributed by atoms with E-state index in [0.717, 1.165) is 33.8 Å². The maximum Gasteiger partial charge on any atom is 0.338 e. The highest BCUT2D eigenvalue weighted by molar-refractivity contribution is 6.21. The van der Waals surface area contributed by atoms with Crippen molar-refractivity contribution in [3.05, 3.63) is 89.0 Å². The Labute approximate surface area is 212 Å². The predicted octanol–water partition coefficient (Wildman–Crippen LogP) is 4.26. The van der Waals surface area contributed by atoms with Crippen molar-refractivity contribution in [3.63, 3.8) is 0 Å². The van der Waals surface area contributed by atoms with Gasteiger partial charge in [-0.15, -0.1) is 0 Å². The van der Waals surface area contributed by atoms with Crippen LogP contribution in [-0.4, -0.2) is 51.7 Å². The number of methoxy groups -OCH3 is 3. The lowest BCUT2D eigenvalue weighted by atomic mass is 10.0. The average molecular weight is 492 g/mol. The molecular weight excluding hydrogens is 458 g/mol. The predicted molar refractivity (Wildman–Crippen MR) is 140 cm³/mol. The van der Waals surface area contributed by atoms with Crippen LogP contribution in [0.2, 0.25) is 0 Å². The minimum Gasteiger partial charge on any atom is -0.497 e. The highest BCUT2D eigenvalue weighted by Gasteiger charge is 2.13. The van der Waals surface area contributed by atoms with Gasteiger partial charge in [0, 0.05) is 24.7 Å². The standard InChI is InChI=1S/C29H33NO6/c1-20-5-9-22(10-6-20)27(29(32)35-4)15-21-7-12-25(13-8-21)36-19-24(31)18-30-17-23-11-14-26(33-2)16-28(23)34-3/h5-16,24,30-31H,17-19H2,1-4H3. The van der Waals surface area contributed by atoms with E-state index in [1.165, 1.54) is 7.11 Å². The van der Waals surface area contributed by atoms with Gasteiger partial charge in [-0.2, -0.15) is 0 Å². The van der Waals surface area contributed by atoms with Crippen LogP contribution in [0.15, 0.2) is 66.7 Å². The molecule has 0 radical (unpaired) electrons. The van der Waals surface area contributed by atoms with E-state index in [0.29, 0.717) is 24.4 Å². The Morgan fingerprint density at radius 3 is 2.28 bits per heavy atom. The van der Waals surface area contributed by atoms with E-state index in [2.05, 4.69) is 5.32 Å². The van der Waals surface area contributed by atoms with Crippen molar-refractivity contribution in [3.8, 4) is 17.2 Å². The molecule has 3 aromatic carbocycles. The molecule has 190 valence electrons. The van der Waals surface area contributed by atoms with Gasteiger partial charge in [-0.05, 0) is 42.3 Å². The third-order valence-electron chi connectivity index (χ3n) is 5.59. The summed E-state index contributed by atoms with van der Waals surface area (Å²) >= 11 is 0. The number of hydrogen-bond acceptors (Lipinski definition) is 7. The first kappa shape index (κ1) is 26.8. The number of carbonyl (C=O) groups is 1. The zero-order valence-corrected chi connectivity index (χ0v) is 21.1. The summed E-state index contributed by atoms with van der Waals surface area (Å²) in [6.07, 6.45) is 1.09. The number of aryl methyl sites for hydroxylation is 1. The van der Waals surface area contributed by atoms with Gasteiger partial charge in [0.2, 0.25) is 0 Å². The fraction of sp³-hybridized carbons (Fsp3) is 0.276. The number of ether oxygens (including phenoxy) is 4. The molecule has 2 N–H and O–H groups in total. The van der Waals surface area contributed by atoms with Crippen molar-refractivity contribution >= 4 is 17.6 Å². The molecule has 0 amide bonds. The Morgan fingerprint density at radius 1 is 0.944 bits per heavy atom. The number of rotatable bonds is 12. The van der Waals surface area contributed by atoms with E-state index in [1.807, 2.05) is 61.5 Å². The minimum atomic E-state index is -0.693. The second-order valence-electron chi connectivity index (χ2n) is 8.26. The largest absolute Gasteiger partial charge is 0.497 e. The average Bonchev–Trinajstić information content (AvgIpc) is 2.91. The van der Waals surface area contributed by atoms with Crippen LogP contribution >= 0.6 is 0 Å². The SMILES string of the molecule is COC(=O)C(=Cc1ccc(OCC(O)CNCc2ccc(OC)cc2OC)cc1)c1ccc(C)cc1. The molecule has 0 saturated carbocycles. The molecule has 7 nitrogen and oxygen atoms in total. The molecule has 1 atom stereocenters. The van der Waals surface area contributed by atoms with Gasteiger partial charge in [0.25, 0.3) is 0 Å². The third kappa shape index (κ3) is 7.60. The molecule has 0 saturated heterocycles. The summed E-state index contributed by atoms with van der Waals surface area (Å²) in [6.45, 7) is 3.03. The van der Waals surface area contributed by atoms with Crippen LogP contribution in [0, 0.1) is 6.92 Å². The molecule has 36 heavy (non-hydrogen) atoms. The first-order chi connectivity index (χ1) is 17.4. The van der Waals surface area contributed by atoms with Crippen LogP contribution in [0.5, 0.6) is 17.2 Å². The van der Waals surface area contributed by atoms with Crippen LogP contribution in [0.1, 0.15) is 22.3 Å². The molecular formula is C29H33NO6. The lowest BCUT2D eigenvalue weighted by Gasteiger charge is -2.15. The van der Waals surface area contributed by atoms with Crippen LogP contribution in [0.3, 0.4) is 0 Å². The normalized spacial score (nSPS) is 12.1. The van der Waals surface area contributed by atoms with Gasteiger partial charge in [0.15, 0.2) is 0 Å². The molecule has 0 aliphatic rings. The van der Waals surface area contributed by atoms with E-state index in [4.69, 9.17) is 18.9 Å². The second-order valence-corrected chi connectivity index (χ2v) is 8.26. The smallest absolute Gasteiger partial charge is 0.338 e. The summed E-state index contributed by atoms with van der Waals surface area (Å²) in [4.78, 5) is 12.3. The number of carbonyl (C=O) groups excluding carboxylic acids is 1. The highest BCUT2D eigenvalue weighted by Crippen LogP contribution is 2.24.